The third-order valence-corrected chi connectivity index (χ3v) is 4.94. The van der Waals surface area contributed by atoms with Crippen molar-refractivity contribution in [1.29, 1.82) is 0 Å². The van der Waals surface area contributed by atoms with Crippen LogP contribution in [0.25, 0.3) is 0 Å². The number of hydrogen-bond donors (Lipinski definition) is 2. The minimum absolute atomic E-state index is 1.03. The maximum Gasteiger partial charge on any atom is 0.251 e. The van der Waals surface area contributed by atoms with Crippen molar-refractivity contribution in [3.63, 3.8) is 0 Å². The predicted molar refractivity (Wildman–Crippen MR) is 62.7 cm³/mol. The molecule has 0 aromatic carbocycles. The molecule has 0 aliphatic rings. The summed E-state index contributed by atoms with van der Waals surface area (Å²) in [7, 11) is -1.76. The van der Waals surface area contributed by atoms with Crippen LogP contribution in [0, 0.1) is 0 Å². The molecule has 76 valence electrons. The molecule has 13 heavy (non-hydrogen) atoms. The first-order chi connectivity index (χ1) is 6.24. The quantitative estimate of drug-likeness (QED) is 0.582. The van der Waals surface area contributed by atoms with E-state index < -0.39 is 8.40 Å². The molecule has 0 aromatic heterocycles. The summed E-state index contributed by atoms with van der Waals surface area (Å²) in [6.07, 6.45) is 2.29. The van der Waals surface area contributed by atoms with Crippen LogP contribution in [0.15, 0.2) is 24.6 Å². The van der Waals surface area contributed by atoms with Gasteiger partial charge in [0.15, 0.2) is 0 Å². The van der Waals surface area contributed by atoms with Crippen LogP contribution in [0.2, 0.25) is 0 Å². The van der Waals surface area contributed by atoms with Crippen molar-refractivity contribution in [3.8, 4) is 0 Å². The van der Waals surface area contributed by atoms with E-state index in [1.165, 1.54) is 0 Å². The average Bonchev–Trinajstić information content (AvgIpc) is 2.20. The topological polar surface area (TPSA) is 24.1 Å². The molecule has 0 aliphatic heterocycles. The van der Waals surface area contributed by atoms with Crippen molar-refractivity contribution in [2.24, 2.45) is 0 Å². The molecule has 0 heterocycles. The van der Waals surface area contributed by atoms with Crippen LogP contribution in [-0.2, 0) is 0 Å². The first kappa shape index (κ1) is 12.6. The fraction of sp³-hybridized carbons (Fsp3) is 0.600. The molecule has 0 rings (SSSR count). The van der Waals surface area contributed by atoms with E-state index in [0.717, 1.165) is 25.9 Å². The number of hydrogen-bond acceptors (Lipinski definition) is 2. The Hall–Kier alpha value is -0.383. The van der Waals surface area contributed by atoms with Gasteiger partial charge in [0.1, 0.15) is 0 Å². The summed E-state index contributed by atoms with van der Waals surface area (Å²) in [6.45, 7) is 14.1. The van der Waals surface area contributed by atoms with Gasteiger partial charge in [-0.05, 0) is 25.9 Å². The molecule has 0 saturated heterocycles. The van der Waals surface area contributed by atoms with Crippen molar-refractivity contribution in [3.05, 3.63) is 24.6 Å². The zero-order chi connectivity index (χ0) is 10.2. The molecule has 0 amide bonds. The summed E-state index contributed by atoms with van der Waals surface area (Å²) in [5.74, 6) is 0. The van der Waals surface area contributed by atoms with Crippen molar-refractivity contribution < 1.29 is 0 Å². The van der Waals surface area contributed by atoms with Gasteiger partial charge in [-0.2, -0.15) is 0 Å². The second-order valence-electron chi connectivity index (χ2n) is 3.13. The van der Waals surface area contributed by atoms with Gasteiger partial charge in [-0.3, -0.25) is 0 Å². The van der Waals surface area contributed by atoms with Gasteiger partial charge >= 0.3 is 0 Å². The second-order valence-corrected chi connectivity index (χ2v) is 6.39. The normalized spacial score (nSPS) is 11.2. The van der Waals surface area contributed by atoms with Crippen LogP contribution in [0.5, 0.6) is 0 Å². The molecule has 0 unspecified atom stereocenters. The Morgan fingerprint density at radius 1 is 1.00 bits per heavy atom. The van der Waals surface area contributed by atoms with Gasteiger partial charge in [0, 0.05) is 0 Å². The lowest BCUT2D eigenvalue weighted by Crippen LogP contribution is -2.60. The Morgan fingerprint density at radius 3 is 1.62 bits per heavy atom. The predicted octanol–water partition coefficient (Wildman–Crippen LogP) is 1.88. The van der Waals surface area contributed by atoms with E-state index in [0.29, 0.717) is 0 Å². The van der Waals surface area contributed by atoms with Gasteiger partial charge in [-0.1, -0.05) is 25.2 Å². The van der Waals surface area contributed by atoms with Gasteiger partial charge in [-0.25, -0.2) is 0 Å². The summed E-state index contributed by atoms with van der Waals surface area (Å²) < 4.78 is 0. The largest absolute Gasteiger partial charge is 0.319 e. The number of nitrogens with one attached hydrogen (secondary N) is 2. The molecular formula is C10H22N2Si. The van der Waals surface area contributed by atoms with Crippen LogP contribution in [0.3, 0.4) is 0 Å². The highest BCUT2D eigenvalue weighted by Crippen LogP contribution is 1.97. The SMILES string of the molecule is C=C[Si](C=C)(NCCC)NCCC. The van der Waals surface area contributed by atoms with Crippen LogP contribution in [-0.4, -0.2) is 21.5 Å². The van der Waals surface area contributed by atoms with Crippen LogP contribution in [0.1, 0.15) is 26.7 Å². The Kier molecular flexibility index (Phi) is 6.85. The minimum Gasteiger partial charge on any atom is -0.319 e. The molecule has 0 fully saturated rings. The van der Waals surface area contributed by atoms with Crippen molar-refractivity contribution in [1.82, 2.24) is 9.96 Å². The fourth-order valence-electron chi connectivity index (χ4n) is 1.10. The minimum atomic E-state index is -1.76. The van der Waals surface area contributed by atoms with Crippen molar-refractivity contribution in [2.75, 3.05) is 13.1 Å². The summed E-state index contributed by atoms with van der Waals surface area (Å²) in [5, 5.41) is 0. The van der Waals surface area contributed by atoms with E-state index >= 15 is 0 Å². The molecule has 3 heteroatoms. The zero-order valence-electron chi connectivity index (χ0n) is 8.90. The van der Waals surface area contributed by atoms with Crippen LogP contribution >= 0.6 is 0 Å². The monoisotopic (exact) mass is 198 g/mol. The van der Waals surface area contributed by atoms with Gasteiger partial charge in [0.05, 0.1) is 0 Å². The molecular weight excluding hydrogens is 176 g/mol. The summed E-state index contributed by atoms with van der Waals surface area (Å²) in [6, 6.07) is 0. The molecule has 0 bridgehead atoms. The van der Waals surface area contributed by atoms with Crippen LogP contribution in [0.4, 0.5) is 0 Å². The van der Waals surface area contributed by atoms with Crippen LogP contribution < -0.4 is 9.96 Å². The zero-order valence-corrected chi connectivity index (χ0v) is 9.90. The summed E-state index contributed by atoms with van der Waals surface area (Å²) in [5.41, 5.74) is 4.01. The van der Waals surface area contributed by atoms with E-state index in [4.69, 9.17) is 0 Å². The Morgan fingerprint density at radius 2 is 1.38 bits per heavy atom. The standard InChI is InChI=1S/C10H22N2Si/c1-5-9-11-13(7-3,8-4)12-10-6-2/h7-8,11-12H,3-6,9-10H2,1-2H3. The van der Waals surface area contributed by atoms with Gasteiger partial charge < -0.3 is 9.96 Å². The van der Waals surface area contributed by atoms with Gasteiger partial charge in [0.25, 0.3) is 8.40 Å². The fourth-order valence-corrected chi connectivity index (χ4v) is 3.29. The molecule has 0 atom stereocenters. The van der Waals surface area contributed by atoms with E-state index in [2.05, 4.69) is 37.0 Å². The molecule has 0 aromatic rings. The lowest BCUT2D eigenvalue weighted by atomic mass is 10.5. The molecule has 2 N–H and O–H groups in total. The lowest BCUT2D eigenvalue weighted by molar-refractivity contribution is 0.783. The molecule has 0 radical (unpaired) electrons. The Balaban J connectivity index is 4.13. The van der Waals surface area contributed by atoms with E-state index in [9.17, 15) is 0 Å². The smallest absolute Gasteiger partial charge is 0.251 e. The highest BCUT2D eigenvalue weighted by Gasteiger charge is 2.24. The highest BCUT2D eigenvalue weighted by molar-refractivity contribution is 6.84. The van der Waals surface area contributed by atoms with E-state index in [-0.39, 0.29) is 0 Å². The average molecular weight is 198 g/mol. The molecule has 0 aliphatic carbocycles. The van der Waals surface area contributed by atoms with Crippen molar-refractivity contribution in [2.45, 2.75) is 26.7 Å². The second kappa shape index (κ2) is 7.06. The Bertz CT molecular complexity index is 139. The maximum atomic E-state index is 3.88. The Labute approximate surface area is 83.3 Å². The summed E-state index contributed by atoms with van der Waals surface area (Å²) >= 11 is 0. The molecule has 0 saturated carbocycles. The molecule has 0 spiro atoms. The third kappa shape index (κ3) is 4.41. The number of rotatable bonds is 8. The van der Waals surface area contributed by atoms with Crippen molar-refractivity contribution >= 4 is 8.40 Å². The van der Waals surface area contributed by atoms with Gasteiger partial charge in [0.2, 0.25) is 0 Å². The van der Waals surface area contributed by atoms with Gasteiger partial charge in [-0.15, -0.1) is 13.2 Å². The first-order valence-corrected chi connectivity index (χ1v) is 7.17. The van der Waals surface area contributed by atoms with E-state index in [1.807, 2.05) is 11.4 Å². The van der Waals surface area contributed by atoms with E-state index in [1.54, 1.807) is 0 Å². The summed E-state index contributed by atoms with van der Waals surface area (Å²) in [4.78, 5) is 7.02. The maximum absolute atomic E-state index is 3.88. The lowest BCUT2D eigenvalue weighted by Gasteiger charge is -2.26. The third-order valence-electron chi connectivity index (χ3n) is 1.98. The molecule has 2 nitrogen and oxygen atoms in total. The first-order valence-electron chi connectivity index (χ1n) is 5.02. The highest BCUT2D eigenvalue weighted by atomic mass is 28.3.